The van der Waals surface area contributed by atoms with Gasteiger partial charge in [-0.15, -0.1) is 0 Å². The van der Waals surface area contributed by atoms with Crippen LogP contribution >= 0.6 is 0 Å². The summed E-state index contributed by atoms with van der Waals surface area (Å²) in [5.74, 6) is -0.762. The van der Waals surface area contributed by atoms with E-state index in [1.165, 1.54) is 7.11 Å². The van der Waals surface area contributed by atoms with E-state index in [9.17, 15) is 14.4 Å². The molecule has 0 saturated carbocycles. The number of benzene rings is 2. The van der Waals surface area contributed by atoms with Crippen LogP contribution in [0.2, 0.25) is 0 Å². The first-order valence-corrected chi connectivity index (χ1v) is 11.8. The molecule has 2 amide bonds. The van der Waals surface area contributed by atoms with Crippen LogP contribution in [0.25, 0.3) is 22.0 Å². The van der Waals surface area contributed by atoms with E-state index in [1.54, 1.807) is 47.7 Å². The summed E-state index contributed by atoms with van der Waals surface area (Å²) in [4.78, 5) is 43.1. The second kappa shape index (κ2) is 10.4. The van der Waals surface area contributed by atoms with E-state index >= 15 is 0 Å². The minimum Gasteiger partial charge on any atom is -0.467 e. The highest BCUT2D eigenvalue weighted by molar-refractivity contribution is 5.95. The van der Waals surface area contributed by atoms with Crippen LogP contribution in [0.5, 0.6) is 0 Å². The number of carbonyl (C=O) groups excluding carboxylic acids is 3. The van der Waals surface area contributed by atoms with Crippen LogP contribution in [-0.4, -0.2) is 52.4 Å². The van der Waals surface area contributed by atoms with Crippen molar-refractivity contribution in [2.24, 2.45) is 0 Å². The number of nitrogens with one attached hydrogen (secondary N) is 1. The average molecular weight is 495 g/mol. The molecule has 3 rings (SSSR count). The van der Waals surface area contributed by atoms with Crippen molar-refractivity contribution in [1.82, 2.24) is 9.88 Å². The van der Waals surface area contributed by atoms with Crippen LogP contribution in [0.1, 0.15) is 47.1 Å². The Morgan fingerprint density at radius 1 is 0.861 bits per heavy atom. The molecule has 0 aliphatic carbocycles. The lowest BCUT2D eigenvalue weighted by Gasteiger charge is -2.32. The van der Waals surface area contributed by atoms with Gasteiger partial charge in [-0.2, -0.15) is 4.90 Å². The summed E-state index contributed by atoms with van der Waals surface area (Å²) in [5, 5.41) is 0.858. The van der Waals surface area contributed by atoms with Gasteiger partial charge >= 0.3 is 18.2 Å². The number of rotatable bonds is 5. The van der Waals surface area contributed by atoms with E-state index in [4.69, 9.17) is 14.2 Å². The summed E-state index contributed by atoms with van der Waals surface area (Å²) >= 11 is 0. The number of ether oxygens (including phenoxy) is 3. The molecule has 192 valence electrons. The normalized spacial score (nSPS) is 12.6. The molecule has 1 atom stereocenters. The van der Waals surface area contributed by atoms with Crippen molar-refractivity contribution in [3.8, 4) is 11.1 Å². The first-order valence-electron chi connectivity index (χ1n) is 11.8. The van der Waals surface area contributed by atoms with Crippen molar-refractivity contribution in [3.63, 3.8) is 0 Å². The molecule has 1 heterocycles. The molecule has 0 spiro atoms. The average Bonchev–Trinajstić information content (AvgIpc) is 3.18. The predicted molar refractivity (Wildman–Crippen MR) is 138 cm³/mol. The molecule has 36 heavy (non-hydrogen) atoms. The van der Waals surface area contributed by atoms with Crippen molar-refractivity contribution >= 4 is 29.1 Å². The highest BCUT2D eigenvalue weighted by atomic mass is 16.6. The molecule has 0 fully saturated rings. The van der Waals surface area contributed by atoms with E-state index in [1.807, 2.05) is 48.5 Å². The van der Waals surface area contributed by atoms with E-state index in [2.05, 4.69) is 4.98 Å². The summed E-state index contributed by atoms with van der Waals surface area (Å²) in [7, 11) is 1.21. The van der Waals surface area contributed by atoms with Crippen LogP contribution in [0.15, 0.2) is 54.7 Å². The molecule has 8 heteroatoms. The largest absolute Gasteiger partial charge is 0.467 e. The zero-order chi connectivity index (χ0) is 26.7. The Morgan fingerprint density at radius 3 is 1.97 bits per heavy atom. The second-order valence-corrected chi connectivity index (χ2v) is 10.5. The van der Waals surface area contributed by atoms with Gasteiger partial charge in [-0.1, -0.05) is 42.5 Å². The van der Waals surface area contributed by atoms with Crippen molar-refractivity contribution < 1.29 is 28.6 Å². The van der Waals surface area contributed by atoms with Crippen molar-refractivity contribution in [1.29, 1.82) is 0 Å². The van der Waals surface area contributed by atoms with E-state index in [0.29, 0.717) is 4.90 Å². The Labute approximate surface area is 211 Å². The van der Waals surface area contributed by atoms with Gasteiger partial charge in [0.25, 0.3) is 0 Å². The molecule has 1 N–H and O–H groups in total. The highest BCUT2D eigenvalue weighted by Crippen LogP contribution is 2.28. The Bertz CT molecular complexity index is 1210. The minimum atomic E-state index is -1.30. The Kier molecular flexibility index (Phi) is 7.77. The minimum absolute atomic E-state index is 0.00976. The molecule has 0 radical (unpaired) electrons. The van der Waals surface area contributed by atoms with Gasteiger partial charge in [-0.3, -0.25) is 0 Å². The summed E-state index contributed by atoms with van der Waals surface area (Å²) in [6.45, 7) is 10.1. The summed E-state index contributed by atoms with van der Waals surface area (Å²) in [5.41, 5.74) is 1.90. The SMILES string of the molecule is COC(=O)[C@H](Cc1c[nH]c2cc(-c3ccccc3)ccc12)N(C(=O)OC(C)(C)C)C(=O)OC(C)(C)C. The number of aromatic amines is 1. The molecule has 0 saturated heterocycles. The number of imide groups is 1. The van der Waals surface area contributed by atoms with Crippen molar-refractivity contribution in [2.45, 2.75) is 65.2 Å². The number of nitrogens with zero attached hydrogens (tertiary/aromatic N) is 1. The standard InChI is InChI=1S/C28H34N2O6/c1-27(2,3)35-25(32)30(26(33)36-28(4,5)6)23(24(31)34-7)16-20-17-29-22-15-19(13-14-21(20)22)18-11-9-8-10-12-18/h8-15,17,23,29H,16H2,1-7H3/t23-/m0/s1. The van der Waals surface area contributed by atoms with Gasteiger partial charge in [0.05, 0.1) is 7.11 Å². The first-order chi connectivity index (χ1) is 16.8. The zero-order valence-corrected chi connectivity index (χ0v) is 21.9. The van der Waals surface area contributed by atoms with Gasteiger partial charge in [0, 0.05) is 23.5 Å². The van der Waals surface area contributed by atoms with Crippen molar-refractivity contribution in [2.75, 3.05) is 7.11 Å². The number of hydrogen-bond acceptors (Lipinski definition) is 6. The molecule has 0 aliphatic rings. The van der Waals surface area contributed by atoms with Gasteiger partial charge in [-0.25, -0.2) is 14.4 Å². The fraction of sp³-hybridized carbons (Fsp3) is 0.393. The van der Waals surface area contributed by atoms with Crippen LogP contribution in [0, 0.1) is 0 Å². The summed E-state index contributed by atoms with van der Waals surface area (Å²) < 4.78 is 15.9. The fourth-order valence-corrected chi connectivity index (χ4v) is 3.74. The maximum absolute atomic E-state index is 13.1. The topological polar surface area (TPSA) is 97.9 Å². The van der Waals surface area contributed by atoms with Crippen LogP contribution in [-0.2, 0) is 25.4 Å². The Morgan fingerprint density at radius 2 is 1.44 bits per heavy atom. The number of amides is 2. The lowest BCUT2D eigenvalue weighted by Crippen LogP contribution is -2.53. The van der Waals surface area contributed by atoms with Crippen LogP contribution in [0.3, 0.4) is 0 Å². The van der Waals surface area contributed by atoms with E-state index in [0.717, 1.165) is 27.6 Å². The number of esters is 1. The smallest absolute Gasteiger partial charge is 0.420 e. The monoisotopic (exact) mass is 494 g/mol. The maximum atomic E-state index is 13.1. The lowest BCUT2D eigenvalue weighted by molar-refractivity contribution is -0.146. The molecule has 0 aliphatic heterocycles. The van der Waals surface area contributed by atoms with E-state index in [-0.39, 0.29) is 6.42 Å². The zero-order valence-electron chi connectivity index (χ0n) is 21.9. The van der Waals surface area contributed by atoms with Gasteiger partial charge < -0.3 is 19.2 Å². The third-order valence-corrected chi connectivity index (χ3v) is 5.25. The number of hydrogen-bond donors (Lipinski definition) is 1. The number of aromatic nitrogens is 1. The number of fused-ring (bicyclic) bond motifs is 1. The summed E-state index contributed by atoms with van der Waals surface area (Å²) in [6.07, 6.45) is -0.204. The van der Waals surface area contributed by atoms with E-state index < -0.39 is 35.4 Å². The number of carbonyl (C=O) groups is 3. The first kappa shape index (κ1) is 26.8. The molecule has 0 bridgehead atoms. The summed E-state index contributed by atoms with van der Waals surface area (Å²) in [6, 6.07) is 14.6. The number of methoxy groups -OCH3 is 1. The molecular weight excluding hydrogens is 460 g/mol. The predicted octanol–water partition coefficient (Wildman–Crippen LogP) is 6.09. The second-order valence-electron chi connectivity index (χ2n) is 10.5. The lowest BCUT2D eigenvalue weighted by atomic mass is 10.0. The molecule has 1 aromatic heterocycles. The van der Waals surface area contributed by atoms with Crippen LogP contribution < -0.4 is 0 Å². The van der Waals surface area contributed by atoms with Gasteiger partial charge in [0.2, 0.25) is 0 Å². The molecule has 8 nitrogen and oxygen atoms in total. The number of H-pyrrole nitrogens is 1. The highest BCUT2D eigenvalue weighted by Gasteiger charge is 2.41. The Hall–Kier alpha value is -3.81. The van der Waals surface area contributed by atoms with Gasteiger partial charge in [0.15, 0.2) is 0 Å². The van der Waals surface area contributed by atoms with Gasteiger partial charge in [0.1, 0.15) is 17.2 Å². The quantitative estimate of drug-likeness (QED) is 0.340. The van der Waals surface area contributed by atoms with Crippen molar-refractivity contribution in [3.05, 3.63) is 60.3 Å². The maximum Gasteiger partial charge on any atom is 0.420 e. The molecular formula is C28H34N2O6. The third kappa shape index (κ3) is 6.65. The van der Waals surface area contributed by atoms with Gasteiger partial charge in [-0.05, 0) is 64.3 Å². The third-order valence-electron chi connectivity index (χ3n) is 5.25. The molecule has 3 aromatic rings. The molecule has 0 unspecified atom stereocenters. The fourth-order valence-electron chi connectivity index (χ4n) is 3.74. The van der Waals surface area contributed by atoms with Crippen LogP contribution in [0.4, 0.5) is 9.59 Å². The Balaban J connectivity index is 2.00. The molecule has 2 aromatic carbocycles.